The number of amides is 1. The van der Waals surface area contributed by atoms with Gasteiger partial charge in [0.1, 0.15) is 0 Å². The predicted molar refractivity (Wildman–Crippen MR) is 88.4 cm³/mol. The molecule has 0 unspecified atom stereocenters. The van der Waals surface area contributed by atoms with E-state index < -0.39 is 5.54 Å². The summed E-state index contributed by atoms with van der Waals surface area (Å²) >= 11 is 0. The molecule has 0 saturated carbocycles. The van der Waals surface area contributed by atoms with Crippen LogP contribution in [0, 0.1) is 6.92 Å². The van der Waals surface area contributed by atoms with E-state index in [0.29, 0.717) is 11.7 Å². The van der Waals surface area contributed by atoms with Gasteiger partial charge in [0.05, 0.1) is 23.1 Å². The fraction of sp³-hybridized carbons (Fsp3) is 0.294. The van der Waals surface area contributed by atoms with Gasteiger partial charge < -0.3 is 14.4 Å². The molecule has 3 aromatic rings. The second-order valence-electron chi connectivity index (χ2n) is 6.22. The molecular formula is C17H19N5O2. The zero-order valence-corrected chi connectivity index (χ0v) is 14.1. The van der Waals surface area contributed by atoms with Gasteiger partial charge in [-0.3, -0.25) is 4.79 Å². The molecule has 1 aromatic carbocycles. The first-order valence-electron chi connectivity index (χ1n) is 7.59. The monoisotopic (exact) mass is 325 g/mol. The zero-order chi connectivity index (χ0) is 17.3. The smallest absolute Gasteiger partial charge is 0.260 e. The van der Waals surface area contributed by atoms with E-state index in [4.69, 9.17) is 4.52 Å². The fourth-order valence-electron chi connectivity index (χ4n) is 2.53. The Labute approximate surface area is 139 Å². The number of rotatable bonds is 4. The summed E-state index contributed by atoms with van der Waals surface area (Å²) < 4.78 is 7.35. The summed E-state index contributed by atoms with van der Waals surface area (Å²) in [4.78, 5) is 19.9. The Balaban J connectivity index is 2.05. The summed E-state index contributed by atoms with van der Waals surface area (Å²) in [7, 11) is 0. The van der Waals surface area contributed by atoms with Crippen molar-refractivity contribution >= 4 is 5.91 Å². The minimum absolute atomic E-state index is 0.152. The van der Waals surface area contributed by atoms with Crippen LogP contribution in [0.5, 0.6) is 0 Å². The number of nitrogens with zero attached hydrogens (tertiary/aromatic N) is 4. The van der Waals surface area contributed by atoms with E-state index in [0.717, 1.165) is 16.8 Å². The molecule has 24 heavy (non-hydrogen) atoms. The van der Waals surface area contributed by atoms with Gasteiger partial charge in [-0.25, -0.2) is 4.98 Å². The first-order chi connectivity index (χ1) is 11.4. The third-order valence-corrected chi connectivity index (χ3v) is 3.64. The molecule has 0 aliphatic carbocycles. The summed E-state index contributed by atoms with van der Waals surface area (Å²) in [5.74, 6) is 0.669. The highest BCUT2D eigenvalue weighted by molar-refractivity contribution is 5.74. The van der Waals surface area contributed by atoms with Crippen LogP contribution in [0.25, 0.3) is 17.1 Å². The molecule has 0 radical (unpaired) electrons. The minimum atomic E-state index is -0.716. The molecule has 7 heteroatoms. The molecule has 0 aliphatic rings. The fourth-order valence-corrected chi connectivity index (χ4v) is 2.53. The average Bonchev–Trinajstić information content (AvgIpc) is 3.18. The van der Waals surface area contributed by atoms with Crippen molar-refractivity contribution in [3.8, 4) is 17.1 Å². The van der Waals surface area contributed by atoms with Crippen LogP contribution >= 0.6 is 0 Å². The maximum atomic E-state index is 11.4. The number of carbonyl (C=O) groups is 1. The number of hydrogen-bond acceptors (Lipinski definition) is 5. The number of nitrogens with one attached hydrogen (secondary N) is 1. The Morgan fingerprint density at radius 2 is 2.12 bits per heavy atom. The van der Waals surface area contributed by atoms with Gasteiger partial charge in [0.25, 0.3) is 5.89 Å². The maximum Gasteiger partial charge on any atom is 0.260 e. The summed E-state index contributed by atoms with van der Waals surface area (Å²) in [5.41, 5.74) is 2.07. The topological polar surface area (TPSA) is 85.8 Å². The standard InChI is InChI=1S/C17H19N5O2/c1-11-5-6-14(22-8-7-18-10-22)13(9-11)15-19-16(21-24-15)17(3,4)20-12(2)23/h5-10H,1-4H3,(H,20,23). The van der Waals surface area contributed by atoms with E-state index in [1.807, 2.05) is 49.7 Å². The van der Waals surface area contributed by atoms with E-state index >= 15 is 0 Å². The lowest BCUT2D eigenvalue weighted by Crippen LogP contribution is -2.40. The molecule has 0 spiro atoms. The van der Waals surface area contributed by atoms with E-state index in [9.17, 15) is 4.79 Å². The number of carbonyl (C=O) groups excluding carboxylic acids is 1. The molecule has 2 heterocycles. The first kappa shape index (κ1) is 15.9. The van der Waals surface area contributed by atoms with Gasteiger partial charge >= 0.3 is 0 Å². The molecule has 0 aliphatic heterocycles. The normalized spacial score (nSPS) is 11.5. The Morgan fingerprint density at radius 3 is 2.79 bits per heavy atom. The lowest BCUT2D eigenvalue weighted by atomic mass is 10.0. The van der Waals surface area contributed by atoms with Crippen molar-refractivity contribution in [1.29, 1.82) is 0 Å². The summed E-state index contributed by atoms with van der Waals surface area (Å²) in [6.07, 6.45) is 5.28. The van der Waals surface area contributed by atoms with Gasteiger partial charge in [-0.1, -0.05) is 16.8 Å². The molecule has 0 saturated heterocycles. The van der Waals surface area contributed by atoms with Crippen molar-refractivity contribution in [2.24, 2.45) is 0 Å². The molecule has 3 rings (SSSR count). The highest BCUT2D eigenvalue weighted by Gasteiger charge is 2.28. The van der Waals surface area contributed by atoms with E-state index in [1.54, 1.807) is 12.5 Å². The number of imidazole rings is 1. The zero-order valence-electron chi connectivity index (χ0n) is 14.1. The highest BCUT2D eigenvalue weighted by atomic mass is 16.5. The van der Waals surface area contributed by atoms with E-state index in [2.05, 4.69) is 20.4 Å². The Kier molecular flexibility index (Phi) is 3.92. The Morgan fingerprint density at radius 1 is 1.33 bits per heavy atom. The molecular weight excluding hydrogens is 306 g/mol. The van der Waals surface area contributed by atoms with E-state index in [-0.39, 0.29) is 5.91 Å². The van der Waals surface area contributed by atoms with Crippen LogP contribution < -0.4 is 5.32 Å². The minimum Gasteiger partial charge on any atom is -0.344 e. The largest absolute Gasteiger partial charge is 0.344 e. The SMILES string of the molecule is CC(=O)NC(C)(C)c1noc(-c2cc(C)ccc2-n2ccnc2)n1. The van der Waals surface area contributed by atoms with Crippen molar-refractivity contribution in [1.82, 2.24) is 25.0 Å². The molecule has 0 atom stereocenters. The highest BCUT2D eigenvalue weighted by Crippen LogP contribution is 2.28. The molecule has 7 nitrogen and oxygen atoms in total. The van der Waals surface area contributed by atoms with Gasteiger partial charge in [0, 0.05) is 19.3 Å². The van der Waals surface area contributed by atoms with Gasteiger partial charge in [-0.05, 0) is 32.9 Å². The molecule has 124 valence electrons. The van der Waals surface area contributed by atoms with Gasteiger partial charge in [-0.15, -0.1) is 0 Å². The van der Waals surface area contributed by atoms with Crippen LogP contribution in [-0.2, 0) is 10.3 Å². The first-order valence-corrected chi connectivity index (χ1v) is 7.59. The summed E-state index contributed by atoms with van der Waals surface area (Å²) in [6, 6.07) is 5.98. The summed E-state index contributed by atoms with van der Waals surface area (Å²) in [6.45, 7) is 7.12. The van der Waals surface area contributed by atoms with Gasteiger partial charge in [-0.2, -0.15) is 4.98 Å². The third kappa shape index (κ3) is 3.05. The van der Waals surface area contributed by atoms with Crippen LogP contribution in [0.4, 0.5) is 0 Å². The molecule has 1 N–H and O–H groups in total. The second-order valence-corrected chi connectivity index (χ2v) is 6.22. The predicted octanol–water partition coefficient (Wildman–Crippen LogP) is 2.60. The maximum absolute atomic E-state index is 11.4. The van der Waals surface area contributed by atoms with Crippen molar-refractivity contribution in [3.63, 3.8) is 0 Å². The lowest BCUT2D eigenvalue weighted by molar-refractivity contribution is -0.120. The van der Waals surface area contributed by atoms with Crippen LogP contribution in [0.2, 0.25) is 0 Å². The van der Waals surface area contributed by atoms with Crippen molar-refractivity contribution in [2.45, 2.75) is 33.2 Å². The Bertz CT molecular complexity index is 865. The van der Waals surface area contributed by atoms with Gasteiger partial charge in [0.15, 0.2) is 5.82 Å². The molecule has 0 fully saturated rings. The Hall–Kier alpha value is -2.96. The third-order valence-electron chi connectivity index (χ3n) is 3.64. The van der Waals surface area contributed by atoms with Crippen LogP contribution in [-0.4, -0.2) is 25.6 Å². The molecule has 1 amide bonds. The van der Waals surface area contributed by atoms with Crippen LogP contribution in [0.3, 0.4) is 0 Å². The quantitative estimate of drug-likeness (QED) is 0.797. The van der Waals surface area contributed by atoms with Crippen LogP contribution in [0.1, 0.15) is 32.2 Å². The van der Waals surface area contributed by atoms with Crippen molar-refractivity contribution in [2.75, 3.05) is 0 Å². The van der Waals surface area contributed by atoms with E-state index in [1.165, 1.54) is 6.92 Å². The molecule has 0 bridgehead atoms. The van der Waals surface area contributed by atoms with Crippen LogP contribution in [0.15, 0.2) is 41.4 Å². The molecule has 2 aromatic heterocycles. The van der Waals surface area contributed by atoms with Gasteiger partial charge in [0.2, 0.25) is 5.91 Å². The average molecular weight is 325 g/mol. The van der Waals surface area contributed by atoms with Crippen molar-refractivity contribution < 1.29 is 9.32 Å². The lowest BCUT2D eigenvalue weighted by Gasteiger charge is -2.20. The summed E-state index contributed by atoms with van der Waals surface area (Å²) in [5, 5.41) is 6.86. The number of hydrogen-bond donors (Lipinski definition) is 1. The second kappa shape index (κ2) is 5.92. The number of aromatic nitrogens is 4. The van der Waals surface area contributed by atoms with Crippen molar-refractivity contribution in [3.05, 3.63) is 48.3 Å². The number of benzene rings is 1. The number of aryl methyl sites for hydroxylation is 1.